The van der Waals surface area contributed by atoms with Crippen molar-refractivity contribution in [3.05, 3.63) is 35.9 Å². The summed E-state index contributed by atoms with van der Waals surface area (Å²) < 4.78 is 5.78. The van der Waals surface area contributed by atoms with Gasteiger partial charge in [0.15, 0.2) is 0 Å². The van der Waals surface area contributed by atoms with E-state index in [0.717, 1.165) is 18.4 Å². The zero-order chi connectivity index (χ0) is 12.1. The van der Waals surface area contributed by atoms with Crippen molar-refractivity contribution >= 4 is 6.09 Å². The molecule has 1 aliphatic heterocycles. The second-order valence-electron chi connectivity index (χ2n) is 4.27. The first-order chi connectivity index (χ1) is 8.25. The van der Waals surface area contributed by atoms with Gasteiger partial charge < -0.3 is 14.7 Å². The number of nitrogens with zero attached hydrogens (tertiary/aromatic N) is 1. The predicted molar refractivity (Wildman–Crippen MR) is 63.9 cm³/mol. The third-order valence-electron chi connectivity index (χ3n) is 3.04. The van der Waals surface area contributed by atoms with Crippen LogP contribution in [0.15, 0.2) is 30.3 Å². The molecule has 1 fully saturated rings. The predicted octanol–water partition coefficient (Wildman–Crippen LogP) is 2.35. The van der Waals surface area contributed by atoms with Crippen LogP contribution in [0.1, 0.15) is 18.4 Å². The first-order valence-electron chi connectivity index (χ1n) is 5.89. The third-order valence-corrected chi connectivity index (χ3v) is 3.04. The van der Waals surface area contributed by atoms with E-state index in [1.807, 2.05) is 30.3 Å². The van der Waals surface area contributed by atoms with Crippen molar-refractivity contribution in [3.63, 3.8) is 0 Å². The molecule has 1 aromatic carbocycles. The Morgan fingerprint density at radius 1 is 1.29 bits per heavy atom. The largest absolute Gasteiger partial charge is 0.465 e. The summed E-state index contributed by atoms with van der Waals surface area (Å²) in [5.41, 5.74) is 1.16. The molecule has 0 radical (unpaired) electrons. The molecule has 17 heavy (non-hydrogen) atoms. The summed E-state index contributed by atoms with van der Waals surface area (Å²) >= 11 is 0. The number of carboxylic acid groups (broad SMARTS) is 1. The van der Waals surface area contributed by atoms with Crippen molar-refractivity contribution < 1.29 is 14.6 Å². The van der Waals surface area contributed by atoms with Crippen LogP contribution in [-0.4, -0.2) is 35.3 Å². The minimum Gasteiger partial charge on any atom is -0.465 e. The zero-order valence-electron chi connectivity index (χ0n) is 9.71. The average Bonchev–Trinajstić information content (AvgIpc) is 2.38. The maximum absolute atomic E-state index is 10.7. The van der Waals surface area contributed by atoms with Gasteiger partial charge in [-0.2, -0.15) is 0 Å². The summed E-state index contributed by atoms with van der Waals surface area (Å²) in [7, 11) is 0. The Balaban J connectivity index is 1.74. The van der Waals surface area contributed by atoms with Gasteiger partial charge in [0, 0.05) is 13.1 Å². The lowest BCUT2D eigenvalue weighted by Gasteiger charge is -2.29. The quantitative estimate of drug-likeness (QED) is 0.874. The summed E-state index contributed by atoms with van der Waals surface area (Å²) in [6.45, 7) is 1.77. The van der Waals surface area contributed by atoms with Crippen LogP contribution in [0.4, 0.5) is 4.79 Å². The number of rotatable bonds is 3. The fourth-order valence-electron chi connectivity index (χ4n) is 2.00. The number of carbonyl (C=O) groups is 1. The minimum atomic E-state index is -0.827. The Kier molecular flexibility index (Phi) is 3.98. The van der Waals surface area contributed by atoms with Crippen LogP contribution >= 0.6 is 0 Å². The molecule has 0 saturated carbocycles. The van der Waals surface area contributed by atoms with Gasteiger partial charge in [-0.25, -0.2) is 4.79 Å². The van der Waals surface area contributed by atoms with Crippen LogP contribution < -0.4 is 0 Å². The standard InChI is InChI=1S/C13H17NO3/c15-13(16)14-8-6-12(7-9-14)17-10-11-4-2-1-3-5-11/h1-5,12H,6-10H2,(H,15,16). The van der Waals surface area contributed by atoms with Gasteiger partial charge in [-0.15, -0.1) is 0 Å². The second kappa shape index (κ2) is 5.68. The highest BCUT2D eigenvalue weighted by Gasteiger charge is 2.22. The summed E-state index contributed by atoms with van der Waals surface area (Å²) in [6, 6.07) is 10.0. The Labute approximate surface area is 101 Å². The van der Waals surface area contributed by atoms with E-state index >= 15 is 0 Å². The SMILES string of the molecule is O=C(O)N1CCC(OCc2ccccc2)CC1. The van der Waals surface area contributed by atoms with E-state index in [9.17, 15) is 4.79 Å². The van der Waals surface area contributed by atoms with E-state index in [4.69, 9.17) is 9.84 Å². The number of amides is 1. The molecule has 0 aromatic heterocycles. The molecule has 0 atom stereocenters. The minimum absolute atomic E-state index is 0.186. The van der Waals surface area contributed by atoms with Crippen molar-refractivity contribution in [2.75, 3.05) is 13.1 Å². The molecule has 0 spiro atoms. The van der Waals surface area contributed by atoms with Crippen molar-refractivity contribution in [1.29, 1.82) is 0 Å². The monoisotopic (exact) mass is 235 g/mol. The molecule has 1 aromatic rings. The lowest BCUT2D eigenvalue weighted by Crippen LogP contribution is -2.40. The normalized spacial score (nSPS) is 17.1. The Morgan fingerprint density at radius 3 is 2.53 bits per heavy atom. The molecule has 4 heteroatoms. The Morgan fingerprint density at radius 2 is 1.94 bits per heavy atom. The van der Waals surface area contributed by atoms with Gasteiger partial charge in [0.25, 0.3) is 0 Å². The van der Waals surface area contributed by atoms with Crippen LogP contribution in [0.2, 0.25) is 0 Å². The van der Waals surface area contributed by atoms with Gasteiger partial charge in [0.2, 0.25) is 0 Å². The Bertz CT molecular complexity index is 358. The number of benzene rings is 1. The Hall–Kier alpha value is -1.55. The van der Waals surface area contributed by atoms with Gasteiger partial charge in [-0.05, 0) is 18.4 Å². The van der Waals surface area contributed by atoms with Gasteiger partial charge in [-0.3, -0.25) is 0 Å². The number of hydrogen-bond donors (Lipinski definition) is 1. The van der Waals surface area contributed by atoms with E-state index in [-0.39, 0.29) is 6.10 Å². The van der Waals surface area contributed by atoms with Gasteiger partial charge in [-0.1, -0.05) is 30.3 Å². The first kappa shape index (κ1) is 11.9. The number of likely N-dealkylation sites (tertiary alicyclic amines) is 1. The highest BCUT2D eigenvalue weighted by molar-refractivity contribution is 5.64. The maximum atomic E-state index is 10.7. The topological polar surface area (TPSA) is 49.8 Å². The summed E-state index contributed by atoms with van der Waals surface area (Å²) in [5, 5.41) is 8.82. The number of hydrogen-bond acceptors (Lipinski definition) is 2. The molecule has 2 rings (SSSR count). The molecule has 1 amide bonds. The smallest absolute Gasteiger partial charge is 0.407 e. The third kappa shape index (κ3) is 3.46. The highest BCUT2D eigenvalue weighted by atomic mass is 16.5. The molecule has 1 N–H and O–H groups in total. The van der Waals surface area contributed by atoms with Gasteiger partial charge in [0.05, 0.1) is 12.7 Å². The fourth-order valence-corrected chi connectivity index (χ4v) is 2.00. The van der Waals surface area contributed by atoms with Crippen molar-refractivity contribution in [2.24, 2.45) is 0 Å². The second-order valence-corrected chi connectivity index (χ2v) is 4.27. The molecule has 92 valence electrons. The van der Waals surface area contributed by atoms with Crippen molar-refractivity contribution in [2.45, 2.75) is 25.6 Å². The lowest BCUT2D eigenvalue weighted by atomic mass is 10.1. The van der Waals surface area contributed by atoms with Crippen LogP contribution in [0.25, 0.3) is 0 Å². The molecule has 0 bridgehead atoms. The molecular formula is C13H17NO3. The number of piperidine rings is 1. The summed E-state index contributed by atoms with van der Waals surface area (Å²) in [5.74, 6) is 0. The van der Waals surface area contributed by atoms with Crippen molar-refractivity contribution in [1.82, 2.24) is 4.90 Å². The van der Waals surface area contributed by atoms with Gasteiger partial charge >= 0.3 is 6.09 Å². The van der Waals surface area contributed by atoms with Crippen molar-refractivity contribution in [3.8, 4) is 0 Å². The van der Waals surface area contributed by atoms with Gasteiger partial charge in [0.1, 0.15) is 0 Å². The lowest BCUT2D eigenvalue weighted by molar-refractivity contribution is 0.000371. The molecule has 1 aliphatic rings. The summed E-state index contributed by atoms with van der Waals surface area (Å²) in [4.78, 5) is 12.2. The van der Waals surface area contributed by atoms with E-state index in [0.29, 0.717) is 19.7 Å². The maximum Gasteiger partial charge on any atom is 0.407 e. The van der Waals surface area contributed by atoms with E-state index in [1.54, 1.807) is 0 Å². The average molecular weight is 235 g/mol. The zero-order valence-corrected chi connectivity index (χ0v) is 9.71. The van der Waals surface area contributed by atoms with Crippen LogP contribution in [0.3, 0.4) is 0 Å². The molecule has 1 saturated heterocycles. The van der Waals surface area contributed by atoms with E-state index in [1.165, 1.54) is 4.90 Å². The molecule has 0 unspecified atom stereocenters. The van der Waals surface area contributed by atoms with Crippen LogP contribution in [0, 0.1) is 0 Å². The number of ether oxygens (including phenoxy) is 1. The van der Waals surface area contributed by atoms with E-state index in [2.05, 4.69) is 0 Å². The molecule has 0 aliphatic carbocycles. The molecule has 4 nitrogen and oxygen atoms in total. The summed E-state index contributed by atoms with van der Waals surface area (Å²) in [6.07, 6.45) is 0.940. The fraction of sp³-hybridized carbons (Fsp3) is 0.462. The first-order valence-corrected chi connectivity index (χ1v) is 5.89. The van der Waals surface area contributed by atoms with Crippen LogP contribution in [0.5, 0.6) is 0 Å². The molecular weight excluding hydrogens is 218 g/mol. The van der Waals surface area contributed by atoms with E-state index < -0.39 is 6.09 Å². The molecule has 1 heterocycles. The highest BCUT2D eigenvalue weighted by Crippen LogP contribution is 2.15. The van der Waals surface area contributed by atoms with Crippen LogP contribution in [-0.2, 0) is 11.3 Å².